The smallest absolute Gasteiger partial charge is 0.338 e. The van der Waals surface area contributed by atoms with Gasteiger partial charge in [-0.1, -0.05) is 0 Å². The minimum atomic E-state index is -1.22. The van der Waals surface area contributed by atoms with Crippen LogP contribution in [0.25, 0.3) is 0 Å². The van der Waals surface area contributed by atoms with Crippen molar-refractivity contribution in [2.45, 2.75) is 25.3 Å². The first-order valence-corrected chi connectivity index (χ1v) is 5.94. The van der Waals surface area contributed by atoms with Crippen molar-refractivity contribution in [1.82, 2.24) is 0 Å². The largest absolute Gasteiger partial charge is 0.478 e. The Kier molecular flexibility index (Phi) is 2.31. The number of rotatable bonds is 3. The van der Waals surface area contributed by atoms with Gasteiger partial charge in [-0.25, -0.2) is 9.18 Å². The van der Waals surface area contributed by atoms with Gasteiger partial charge in [0.15, 0.2) is 0 Å². The second-order valence-corrected chi connectivity index (χ2v) is 4.99. The van der Waals surface area contributed by atoms with Crippen LogP contribution in [-0.2, 0) is 0 Å². The monoisotopic (exact) mass is 235 g/mol. The number of carboxylic acid groups (broad SMARTS) is 1. The molecule has 2 aliphatic carbocycles. The van der Waals surface area contributed by atoms with E-state index in [4.69, 9.17) is 5.11 Å². The average molecular weight is 235 g/mol. The Balaban J connectivity index is 1.78. The molecular weight excluding hydrogens is 221 g/mol. The third kappa shape index (κ3) is 1.88. The lowest BCUT2D eigenvalue weighted by molar-refractivity contribution is 0.0692. The third-order valence-corrected chi connectivity index (χ3v) is 3.89. The number of anilines is 1. The number of halogens is 1. The number of nitrogens with one attached hydrogen (secondary N) is 1. The topological polar surface area (TPSA) is 49.3 Å². The van der Waals surface area contributed by atoms with Crippen LogP contribution >= 0.6 is 0 Å². The number of carboxylic acids is 1. The number of fused-ring (bicyclic) bond motifs is 1. The van der Waals surface area contributed by atoms with Gasteiger partial charge >= 0.3 is 5.97 Å². The maximum Gasteiger partial charge on any atom is 0.338 e. The Morgan fingerprint density at radius 1 is 1.41 bits per heavy atom. The van der Waals surface area contributed by atoms with Gasteiger partial charge in [-0.05, 0) is 49.3 Å². The lowest BCUT2D eigenvalue weighted by Gasteiger charge is -2.16. The average Bonchev–Trinajstić information content (AvgIpc) is 2.98. The molecule has 90 valence electrons. The summed E-state index contributed by atoms with van der Waals surface area (Å²) in [6, 6.07) is 4.64. The molecule has 3 rings (SSSR count). The van der Waals surface area contributed by atoms with Crippen molar-refractivity contribution < 1.29 is 14.3 Å². The molecule has 1 aromatic carbocycles. The highest BCUT2D eigenvalue weighted by molar-refractivity contribution is 5.89. The maximum absolute atomic E-state index is 13.2. The van der Waals surface area contributed by atoms with Crippen LogP contribution in [0.4, 0.5) is 10.1 Å². The van der Waals surface area contributed by atoms with E-state index in [0.717, 1.165) is 18.3 Å². The summed E-state index contributed by atoms with van der Waals surface area (Å²) in [5, 5.41) is 12.2. The molecule has 2 fully saturated rings. The maximum atomic E-state index is 13.2. The van der Waals surface area contributed by atoms with E-state index in [2.05, 4.69) is 5.32 Å². The summed E-state index contributed by atoms with van der Waals surface area (Å²) in [6.07, 6.45) is 3.68. The van der Waals surface area contributed by atoms with Gasteiger partial charge in [0.25, 0.3) is 0 Å². The number of carbonyl (C=O) groups is 1. The van der Waals surface area contributed by atoms with Crippen molar-refractivity contribution in [3.8, 4) is 0 Å². The second kappa shape index (κ2) is 3.72. The van der Waals surface area contributed by atoms with Crippen LogP contribution < -0.4 is 5.32 Å². The predicted octanol–water partition coefficient (Wildman–Crippen LogP) is 2.73. The zero-order chi connectivity index (χ0) is 12.0. The number of aromatic carboxylic acids is 1. The van der Waals surface area contributed by atoms with E-state index in [0.29, 0.717) is 11.7 Å². The molecule has 17 heavy (non-hydrogen) atoms. The van der Waals surface area contributed by atoms with Gasteiger partial charge in [0.2, 0.25) is 0 Å². The lowest BCUT2D eigenvalue weighted by atomic mass is 10.1. The fourth-order valence-corrected chi connectivity index (χ4v) is 2.88. The normalized spacial score (nSPS) is 29.8. The molecular formula is C13H14FNO2. The Labute approximate surface area is 98.6 Å². The van der Waals surface area contributed by atoms with Crippen LogP contribution in [0.3, 0.4) is 0 Å². The molecule has 2 aliphatic rings. The highest BCUT2D eigenvalue weighted by Crippen LogP contribution is 2.52. The summed E-state index contributed by atoms with van der Waals surface area (Å²) < 4.78 is 13.2. The van der Waals surface area contributed by atoms with Crippen molar-refractivity contribution in [2.75, 3.05) is 5.32 Å². The zero-order valence-corrected chi connectivity index (χ0v) is 9.32. The van der Waals surface area contributed by atoms with E-state index in [1.54, 1.807) is 6.07 Å². The highest BCUT2D eigenvalue weighted by Gasteiger charge is 2.47. The highest BCUT2D eigenvalue weighted by atomic mass is 19.1. The van der Waals surface area contributed by atoms with Crippen LogP contribution in [0.15, 0.2) is 18.2 Å². The van der Waals surface area contributed by atoms with Crippen molar-refractivity contribution in [3.05, 3.63) is 29.6 Å². The fraction of sp³-hybridized carbons (Fsp3) is 0.462. The molecule has 0 saturated heterocycles. The van der Waals surface area contributed by atoms with E-state index in [1.165, 1.54) is 25.0 Å². The molecule has 2 saturated carbocycles. The van der Waals surface area contributed by atoms with Crippen LogP contribution in [0.2, 0.25) is 0 Å². The summed E-state index contributed by atoms with van der Waals surface area (Å²) in [4.78, 5) is 10.8. The quantitative estimate of drug-likeness (QED) is 0.846. The molecule has 3 nitrogen and oxygen atoms in total. The fourth-order valence-electron chi connectivity index (χ4n) is 2.88. The Bertz CT molecular complexity index is 474. The van der Waals surface area contributed by atoms with Gasteiger partial charge in [-0.2, -0.15) is 0 Å². The van der Waals surface area contributed by atoms with Crippen LogP contribution in [0, 0.1) is 17.7 Å². The van der Waals surface area contributed by atoms with Crippen molar-refractivity contribution in [3.63, 3.8) is 0 Å². The molecule has 2 N–H and O–H groups in total. The summed E-state index contributed by atoms with van der Waals surface area (Å²) >= 11 is 0. The van der Waals surface area contributed by atoms with E-state index in [1.807, 2.05) is 0 Å². The number of hydrogen-bond donors (Lipinski definition) is 2. The standard InChI is InChI=1S/C13H14FNO2/c14-11-3-2-8(6-10(11)13(16)17)15-12-4-1-7-5-9(7)12/h2-3,6-7,9,12,15H,1,4-5H2,(H,16,17)/t7-,9+,12?/m0/s1. The minimum absolute atomic E-state index is 0.264. The van der Waals surface area contributed by atoms with Crippen LogP contribution in [0.5, 0.6) is 0 Å². The van der Waals surface area contributed by atoms with Crippen LogP contribution in [-0.4, -0.2) is 17.1 Å². The summed E-state index contributed by atoms with van der Waals surface area (Å²) in [6.45, 7) is 0. The van der Waals surface area contributed by atoms with Gasteiger partial charge in [0.1, 0.15) is 5.82 Å². The van der Waals surface area contributed by atoms with Crippen molar-refractivity contribution >= 4 is 11.7 Å². The number of benzene rings is 1. The van der Waals surface area contributed by atoms with Gasteiger partial charge in [0, 0.05) is 11.7 Å². The molecule has 0 heterocycles. The Morgan fingerprint density at radius 3 is 2.82 bits per heavy atom. The summed E-state index contributed by atoms with van der Waals surface area (Å²) in [5.41, 5.74) is 0.446. The Morgan fingerprint density at radius 2 is 2.24 bits per heavy atom. The molecule has 0 bridgehead atoms. The van der Waals surface area contributed by atoms with Gasteiger partial charge in [-0.3, -0.25) is 0 Å². The molecule has 3 atom stereocenters. The molecule has 0 spiro atoms. The minimum Gasteiger partial charge on any atom is -0.478 e. The molecule has 0 amide bonds. The van der Waals surface area contributed by atoms with E-state index in [-0.39, 0.29) is 5.56 Å². The van der Waals surface area contributed by atoms with Gasteiger partial charge < -0.3 is 10.4 Å². The summed E-state index contributed by atoms with van der Waals surface area (Å²) in [7, 11) is 0. The van der Waals surface area contributed by atoms with Crippen molar-refractivity contribution in [2.24, 2.45) is 11.8 Å². The second-order valence-electron chi connectivity index (χ2n) is 4.99. The SMILES string of the molecule is O=C(O)c1cc(NC2CC[C@H]3C[C@@H]23)ccc1F. The zero-order valence-electron chi connectivity index (χ0n) is 9.32. The molecule has 0 radical (unpaired) electrons. The lowest BCUT2D eigenvalue weighted by Crippen LogP contribution is -2.19. The molecule has 0 aromatic heterocycles. The first kappa shape index (κ1) is 10.6. The number of hydrogen-bond acceptors (Lipinski definition) is 2. The van der Waals surface area contributed by atoms with Crippen LogP contribution in [0.1, 0.15) is 29.6 Å². The first-order chi connectivity index (χ1) is 8.15. The summed E-state index contributed by atoms with van der Waals surface area (Å²) in [5.74, 6) is -0.291. The third-order valence-electron chi connectivity index (χ3n) is 3.89. The first-order valence-electron chi connectivity index (χ1n) is 5.94. The van der Waals surface area contributed by atoms with E-state index >= 15 is 0 Å². The van der Waals surface area contributed by atoms with Gasteiger partial charge in [-0.15, -0.1) is 0 Å². The molecule has 0 aliphatic heterocycles. The molecule has 4 heteroatoms. The van der Waals surface area contributed by atoms with Crippen molar-refractivity contribution in [1.29, 1.82) is 0 Å². The van der Waals surface area contributed by atoms with E-state index < -0.39 is 11.8 Å². The molecule has 1 aromatic rings. The Hall–Kier alpha value is -1.58. The molecule has 1 unspecified atom stereocenters. The van der Waals surface area contributed by atoms with Gasteiger partial charge in [0.05, 0.1) is 5.56 Å². The van der Waals surface area contributed by atoms with E-state index in [9.17, 15) is 9.18 Å². The predicted molar refractivity (Wildman–Crippen MR) is 61.6 cm³/mol.